The van der Waals surface area contributed by atoms with Crippen molar-refractivity contribution in [1.82, 2.24) is 0 Å². The predicted molar refractivity (Wildman–Crippen MR) is 526 cm³/mol. The molecule has 730 valence electrons. The molecule has 17 heteroatoms. The Morgan fingerprint density at radius 1 is 0.222 bits per heavy atom. The fourth-order valence-electron chi connectivity index (χ4n) is 22.1. The number of benzene rings is 10. The maximum absolute atomic E-state index is 14.5. The Balaban J connectivity index is 0.000000156. The average Bonchev–Trinajstić information content (AvgIpc) is 0.791. The van der Waals surface area contributed by atoms with Gasteiger partial charge in [0.15, 0.2) is 69.5 Å². The van der Waals surface area contributed by atoms with Crippen LogP contribution < -0.4 is 23.7 Å². The molecule has 10 aromatic rings. The predicted octanol–water partition coefficient (Wildman–Crippen LogP) is 36.2. The summed E-state index contributed by atoms with van der Waals surface area (Å²) in [4.78, 5) is 0. The second-order valence-corrected chi connectivity index (χ2v) is 38.6. The summed E-state index contributed by atoms with van der Waals surface area (Å²) in [6.07, 6.45) is 40.8. The summed E-state index contributed by atoms with van der Waals surface area (Å²) in [5, 5.41) is 0. The molecule has 6 aliphatic rings. The van der Waals surface area contributed by atoms with Gasteiger partial charge in [-0.1, -0.05) is 245 Å². The third-order valence-electron chi connectivity index (χ3n) is 30.3. The molecule has 0 amide bonds. The summed E-state index contributed by atoms with van der Waals surface area (Å²) in [5.74, 6) is -2.44. The number of hydrogen-bond acceptors (Lipinski definition) is 5. The van der Waals surface area contributed by atoms with E-state index >= 15 is 0 Å². The second-order valence-electron chi connectivity index (χ2n) is 38.6. The SMILES string of the molecule is CCC1CCC(c2ccc(-c3ccc(OC)c(F)c3F)cc2)CC1.CCCC1CCC(C2CCC(c3ccc(OC)c(F)c3F)CC2)CC1.CCCC1CCC(c2ccc(-c3ccc(OC)c(F)c3F)cc2)CC1.CCCC1CCC(c2ccc(OC)c(F)c2F)CC1.CCCC1CCC(c2ccc(OC)c(F)c2F)CC1.CCc1ccc(-c2ccc(-c3ccc(C)cc3)c(F)c2F)cc1. The van der Waals surface area contributed by atoms with Crippen molar-refractivity contribution >= 4 is 0 Å². The van der Waals surface area contributed by atoms with Gasteiger partial charge in [-0.15, -0.1) is 0 Å². The van der Waals surface area contributed by atoms with E-state index in [2.05, 4.69) is 65.8 Å². The van der Waals surface area contributed by atoms with E-state index in [1.165, 1.54) is 224 Å². The molecule has 0 saturated heterocycles. The summed E-state index contributed by atoms with van der Waals surface area (Å²) in [7, 11) is 6.75. The van der Waals surface area contributed by atoms with Crippen LogP contribution in [0.15, 0.2) is 170 Å². The lowest BCUT2D eigenvalue weighted by atomic mass is 9.68. The summed E-state index contributed by atoms with van der Waals surface area (Å²) in [6.45, 7) is 15.2. The minimum Gasteiger partial charge on any atom is -0.494 e. The van der Waals surface area contributed by atoms with Gasteiger partial charge < -0.3 is 23.7 Å². The van der Waals surface area contributed by atoms with E-state index in [1.54, 1.807) is 48.5 Å². The molecule has 5 nitrogen and oxygen atoms in total. The van der Waals surface area contributed by atoms with Gasteiger partial charge in [-0.3, -0.25) is 0 Å². The highest BCUT2D eigenvalue weighted by atomic mass is 19.2. The van der Waals surface area contributed by atoms with Crippen molar-refractivity contribution in [3.63, 3.8) is 0 Å². The average molecular weight is 1870 g/mol. The number of methoxy groups -OCH3 is 5. The number of aryl methyl sites for hydroxylation is 2. The van der Waals surface area contributed by atoms with E-state index in [0.717, 1.165) is 118 Å². The zero-order valence-electron chi connectivity index (χ0n) is 81.7. The van der Waals surface area contributed by atoms with Gasteiger partial charge in [0.1, 0.15) is 0 Å². The molecule has 0 spiro atoms. The van der Waals surface area contributed by atoms with Crippen molar-refractivity contribution in [1.29, 1.82) is 0 Å². The van der Waals surface area contributed by atoms with Crippen molar-refractivity contribution in [3.05, 3.63) is 279 Å². The maximum Gasteiger partial charge on any atom is 0.201 e. The maximum atomic E-state index is 14.5. The highest BCUT2D eigenvalue weighted by molar-refractivity contribution is 5.72. The van der Waals surface area contributed by atoms with Crippen LogP contribution in [0.2, 0.25) is 0 Å². The topological polar surface area (TPSA) is 46.2 Å². The van der Waals surface area contributed by atoms with E-state index in [9.17, 15) is 52.7 Å². The lowest BCUT2D eigenvalue weighted by Crippen LogP contribution is -2.25. The lowest BCUT2D eigenvalue weighted by molar-refractivity contribution is 0.156. The molecule has 0 N–H and O–H groups in total. The summed E-state index contributed by atoms with van der Waals surface area (Å²) in [5.41, 5.74) is 10.4. The van der Waals surface area contributed by atoms with Crippen LogP contribution in [0.25, 0.3) is 44.5 Å². The Labute approximate surface area is 797 Å². The first-order chi connectivity index (χ1) is 65.3. The Bertz CT molecular complexity index is 5200. The number of rotatable bonds is 25. The molecule has 135 heavy (non-hydrogen) atoms. The number of hydrogen-bond donors (Lipinski definition) is 0. The summed E-state index contributed by atoms with van der Waals surface area (Å²) in [6, 6.07) is 49.9. The van der Waals surface area contributed by atoms with Crippen molar-refractivity contribution < 1.29 is 76.4 Å². The second kappa shape index (κ2) is 52.8. The molecule has 16 rings (SSSR count). The van der Waals surface area contributed by atoms with Gasteiger partial charge in [-0.2, -0.15) is 22.0 Å². The molecule has 6 fully saturated rings. The first-order valence-electron chi connectivity index (χ1n) is 50.3. The zero-order valence-corrected chi connectivity index (χ0v) is 81.7. The highest BCUT2D eigenvalue weighted by Crippen LogP contribution is 2.49. The third-order valence-corrected chi connectivity index (χ3v) is 30.3. The first kappa shape index (κ1) is 106. The van der Waals surface area contributed by atoms with Gasteiger partial charge in [0.05, 0.1) is 35.5 Å². The van der Waals surface area contributed by atoms with Crippen LogP contribution in [0.1, 0.15) is 322 Å². The van der Waals surface area contributed by atoms with Crippen LogP contribution in [-0.4, -0.2) is 35.5 Å². The van der Waals surface area contributed by atoms with Crippen LogP contribution in [0.3, 0.4) is 0 Å². The van der Waals surface area contributed by atoms with Crippen LogP contribution in [0, 0.1) is 118 Å². The third kappa shape index (κ3) is 27.9. The van der Waals surface area contributed by atoms with E-state index in [4.69, 9.17) is 23.7 Å². The van der Waals surface area contributed by atoms with Crippen LogP contribution in [-0.2, 0) is 6.42 Å². The quantitative estimate of drug-likeness (QED) is 0.0534. The van der Waals surface area contributed by atoms with Crippen LogP contribution in [0.5, 0.6) is 28.7 Å². The van der Waals surface area contributed by atoms with Gasteiger partial charge in [0.25, 0.3) is 0 Å². The largest absolute Gasteiger partial charge is 0.494 e. The Morgan fingerprint density at radius 2 is 0.444 bits per heavy atom. The fourth-order valence-corrected chi connectivity index (χ4v) is 22.1. The number of ether oxygens (including phenoxy) is 5. The molecule has 0 atom stereocenters. The molecule has 0 heterocycles. The Kier molecular flexibility index (Phi) is 41.4. The van der Waals surface area contributed by atoms with Gasteiger partial charge in [0.2, 0.25) is 29.1 Å². The van der Waals surface area contributed by atoms with E-state index < -0.39 is 69.8 Å². The van der Waals surface area contributed by atoms with Crippen molar-refractivity contribution in [2.45, 2.75) is 296 Å². The molecule has 6 aliphatic carbocycles. The normalized spacial score (nSPS) is 21.5. The number of halogens is 12. The van der Waals surface area contributed by atoms with Crippen molar-refractivity contribution in [3.8, 4) is 73.3 Å². The lowest BCUT2D eigenvalue weighted by Gasteiger charge is -2.38. The van der Waals surface area contributed by atoms with Gasteiger partial charge >= 0.3 is 0 Å². The molecule has 0 aliphatic heterocycles. The van der Waals surface area contributed by atoms with Crippen LogP contribution in [0.4, 0.5) is 52.7 Å². The molecule has 0 aromatic heterocycles. The van der Waals surface area contributed by atoms with E-state index in [0.29, 0.717) is 56.3 Å². The van der Waals surface area contributed by atoms with Crippen LogP contribution >= 0.6 is 0 Å². The molecular weight excluding hydrogens is 1730 g/mol. The van der Waals surface area contributed by atoms with Crippen molar-refractivity contribution in [2.75, 3.05) is 35.5 Å². The summed E-state index contributed by atoms with van der Waals surface area (Å²) >= 11 is 0. The standard InChI is InChI=1S/C22H32F2O.C22H26F2O.C21H24F2O.C21H18F2.2C16H22F2O/c2*1-3-4-15-5-7-16(8-6-15)17-9-11-18(12-10-17)19-13-14-20(25-2)22(24)21(19)23;1-3-14-4-6-15(7-5-14)16-8-10-17(11-9-16)18-12-13-19(24-2)21(23)20(18)22;1-3-15-6-10-17(11-7-15)19-13-12-18(20(22)21(19)23)16-8-4-14(2)5-9-16;2*1-3-4-11-5-7-12(8-6-11)13-9-10-14(19-2)16(18)15(13)17/h13-18H,3-12H2,1-2H3;9-16H,3-8H2,1-2H3;8-15H,3-7H2,1-2H3;4-13H,3H2,1-2H3;2*9-12H,3-8H2,1-2H3. The highest BCUT2D eigenvalue weighted by Gasteiger charge is 2.35. The zero-order chi connectivity index (χ0) is 96.8. The molecule has 0 bridgehead atoms. The fraction of sp³-hybridized carbons (Fsp3) is 0.492. The summed E-state index contributed by atoms with van der Waals surface area (Å²) < 4.78 is 193. The van der Waals surface area contributed by atoms with Crippen molar-refractivity contribution in [2.24, 2.45) is 41.4 Å². The van der Waals surface area contributed by atoms with Gasteiger partial charge in [-0.05, 0) is 324 Å². The molecule has 0 radical (unpaired) electrons. The Morgan fingerprint density at radius 3 is 0.719 bits per heavy atom. The Hall–Kier alpha value is -9.64. The molecule has 0 unspecified atom stereocenters. The first-order valence-corrected chi connectivity index (χ1v) is 50.3. The van der Waals surface area contributed by atoms with E-state index in [1.807, 2.05) is 79.7 Å². The van der Waals surface area contributed by atoms with Gasteiger partial charge in [0, 0.05) is 22.3 Å². The molecule has 6 saturated carbocycles. The molecule has 10 aromatic carbocycles. The van der Waals surface area contributed by atoms with Gasteiger partial charge in [-0.25, -0.2) is 30.7 Å². The minimum atomic E-state index is -0.933. The smallest absolute Gasteiger partial charge is 0.201 e. The van der Waals surface area contributed by atoms with E-state index in [-0.39, 0.29) is 63.2 Å². The minimum absolute atomic E-state index is 0.00113. The monoisotopic (exact) mass is 1870 g/mol. The molecular formula is C118H144F12O5.